The van der Waals surface area contributed by atoms with Crippen LogP contribution in [0.2, 0.25) is 0 Å². The lowest BCUT2D eigenvalue weighted by Gasteiger charge is -2.13. The van der Waals surface area contributed by atoms with E-state index >= 15 is 0 Å². The van der Waals surface area contributed by atoms with Crippen LogP contribution in [0.25, 0.3) is 0 Å². The molecule has 1 aromatic carbocycles. The van der Waals surface area contributed by atoms with E-state index in [9.17, 15) is 4.79 Å². The number of ether oxygens (including phenoxy) is 1. The van der Waals surface area contributed by atoms with E-state index in [1.54, 1.807) is 0 Å². The van der Waals surface area contributed by atoms with Gasteiger partial charge in [-0.2, -0.15) is 0 Å². The zero-order chi connectivity index (χ0) is 13.4. The van der Waals surface area contributed by atoms with Gasteiger partial charge in [-0.3, -0.25) is 0 Å². The zero-order valence-electron chi connectivity index (χ0n) is 11.1. The van der Waals surface area contributed by atoms with Gasteiger partial charge in [0, 0.05) is 6.42 Å². The Morgan fingerprint density at radius 3 is 2.50 bits per heavy atom. The molecule has 0 heterocycles. The van der Waals surface area contributed by atoms with Crippen molar-refractivity contribution in [1.82, 2.24) is 0 Å². The summed E-state index contributed by atoms with van der Waals surface area (Å²) in [5, 5.41) is 0. The third kappa shape index (κ3) is 4.25. The summed E-state index contributed by atoms with van der Waals surface area (Å²) in [4.78, 5) is 11.9. The Balaban J connectivity index is 2.63. The highest BCUT2D eigenvalue weighted by Crippen LogP contribution is 2.11. The van der Waals surface area contributed by atoms with E-state index in [-0.39, 0.29) is 12.1 Å². The van der Waals surface area contributed by atoms with Gasteiger partial charge in [0.1, 0.15) is 6.10 Å². The molecule has 18 heavy (non-hydrogen) atoms. The fourth-order valence-corrected chi connectivity index (χ4v) is 1.72. The minimum absolute atomic E-state index is 0.183. The molecule has 1 atom stereocenters. The molecule has 0 aliphatic carbocycles. The highest BCUT2D eigenvalue weighted by atomic mass is 16.5. The van der Waals surface area contributed by atoms with Crippen molar-refractivity contribution in [1.29, 1.82) is 0 Å². The monoisotopic (exact) mass is 244 g/mol. The first-order chi connectivity index (χ1) is 8.71. The number of hydrogen-bond acceptors (Lipinski definition) is 2. The van der Waals surface area contributed by atoms with Crippen LogP contribution < -0.4 is 0 Å². The van der Waals surface area contributed by atoms with Crippen LogP contribution in [0.5, 0.6) is 0 Å². The number of rotatable bonds is 6. The van der Waals surface area contributed by atoms with Crippen molar-refractivity contribution < 1.29 is 9.53 Å². The van der Waals surface area contributed by atoms with Crippen LogP contribution in [-0.2, 0) is 11.2 Å². The molecule has 2 nitrogen and oxygen atoms in total. The van der Waals surface area contributed by atoms with E-state index in [4.69, 9.17) is 11.2 Å². The molecule has 0 amide bonds. The number of hydrogen-bond donors (Lipinski definition) is 0. The summed E-state index contributed by atoms with van der Waals surface area (Å²) in [5.74, 6) is 2.23. The average molecular weight is 244 g/mol. The van der Waals surface area contributed by atoms with E-state index in [0.717, 1.165) is 19.3 Å². The van der Waals surface area contributed by atoms with Crippen molar-refractivity contribution in [3.05, 3.63) is 35.4 Å². The topological polar surface area (TPSA) is 26.3 Å². The summed E-state index contributed by atoms with van der Waals surface area (Å²) >= 11 is 0. The molecule has 1 unspecified atom stereocenters. The van der Waals surface area contributed by atoms with Crippen molar-refractivity contribution in [2.75, 3.05) is 0 Å². The molecule has 0 aliphatic heterocycles. The summed E-state index contributed by atoms with van der Waals surface area (Å²) in [6.07, 6.45) is 8.39. The smallest absolute Gasteiger partial charge is 0.338 e. The van der Waals surface area contributed by atoms with Gasteiger partial charge >= 0.3 is 5.97 Å². The molecule has 0 fully saturated rings. The van der Waals surface area contributed by atoms with E-state index in [0.29, 0.717) is 12.0 Å². The van der Waals surface area contributed by atoms with E-state index < -0.39 is 0 Å². The normalized spacial score (nSPS) is 11.6. The molecule has 0 N–H and O–H groups in total. The average Bonchev–Trinajstić information content (AvgIpc) is 2.39. The first-order valence-corrected chi connectivity index (χ1v) is 6.44. The molecule has 1 aromatic rings. The Bertz CT molecular complexity index is 412. The summed E-state index contributed by atoms with van der Waals surface area (Å²) in [7, 11) is 0. The molecule has 96 valence electrons. The van der Waals surface area contributed by atoms with Crippen LogP contribution >= 0.6 is 0 Å². The highest BCUT2D eigenvalue weighted by Gasteiger charge is 2.13. The number of esters is 1. The lowest BCUT2D eigenvalue weighted by atomic mass is 10.1. The van der Waals surface area contributed by atoms with Crippen molar-refractivity contribution in [3.8, 4) is 12.3 Å². The van der Waals surface area contributed by atoms with Gasteiger partial charge in [-0.05, 0) is 30.5 Å². The lowest BCUT2D eigenvalue weighted by Crippen LogP contribution is -2.17. The van der Waals surface area contributed by atoms with Gasteiger partial charge in [-0.1, -0.05) is 32.4 Å². The first kappa shape index (κ1) is 14.3. The Kier molecular flexibility index (Phi) is 6.00. The second-order valence-corrected chi connectivity index (χ2v) is 4.29. The van der Waals surface area contributed by atoms with Crippen LogP contribution in [0.1, 0.15) is 49.0 Å². The van der Waals surface area contributed by atoms with Gasteiger partial charge in [0.05, 0.1) is 5.56 Å². The van der Waals surface area contributed by atoms with Crippen molar-refractivity contribution in [2.45, 2.75) is 45.6 Å². The predicted molar refractivity (Wildman–Crippen MR) is 73.4 cm³/mol. The Hall–Kier alpha value is -1.75. The van der Waals surface area contributed by atoms with Gasteiger partial charge in [-0.15, -0.1) is 12.3 Å². The number of benzene rings is 1. The summed E-state index contributed by atoms with van der Waals surface area (Å²) in [6, 6.07) is 7.58. The number of aryl methyl sites for hydroxylation is 1. The van der Waals surface area contributed by atoms with Gasteiger partial charge in [0.15, 0.2) is 0 Å². The Morgan fingerprint density at radius 2 is 2.00 bits per heavy atom. The van der Waals surface area contributed by atoms with Gasteiger partial charge in [0.25, 0.3) is 0 Å². The van der Waals surface area contributed by atoms with Crippen molar-refractivity contribution in [3.63, 3.8) is 0 Å². The molecule has 0 spiro atoms. The maximum Gasteiger partial charge on any atom is 0.338 e. The maximum absolute atomic E-state index is 11.9. The SMILES string of the molecule is C#CCC(CC)OC(=O)c1ccc(CCC)cc1. The molecule has 2 heteroatoms. The first-order valence-electron chi connectivity index (χ1n) is 6.44. The molecule has 0 aromatic heterocycles. The lowest BCUT2D eigenvalue weighted by molar-refractivity contribution is 0.0304. The fourth-order valence-electron chi connectivity index (χ4n) is 1.72. The molecule has 0 saturated carbocycles. The standard InChI is InChI=1S/C16H20O2/c1-4-7-13-9-11-14(12-10-13)16(17)18-15(6-3)8-5-2/h2,9-12,15H,4,6-8H2,1,3H3. The summed E-state index contributed by atoms with van der Waals surface area (Å²) in [6.45, 7) is 4.09. The molecule has 0 aliphatic rings. The predicted octanol–water partition coefficient (Wildman–Crippen LogP) is 3.60. The molecule has 0 saturated heterocycles. The van der Waals surface area contributed by atoms with Crippen LogP contribution in [0, 0.1) is 12.3 Å². The second kappa shape index (κ2) is 7.55. The van der Waals surface area contributed by atoms with Gasteiger partial charge < -0.3 is 4.74 Å². The molecule has 0 bridgehead atoms. The maximum atomic E-state index is 11.9. The quantitative estimate of drug-likeness (QED) is 0.564. The van der Waals surface area contributed by atoms with E-state index in [2.05, 4.69) is 12.8 Å². The molecular formula is C16H20O2. The minimum Gasteiger partial charge on any atom is -0.458 e. The zero-order valence-corrected chi connectivity index (χ0v) is 11.1. The van der Waals surface area contributed by atoms with Gasteiger partial charge in [0.2, 0.25) is 0 Å². The van der Waals surface area contributed by atoms with Gasteiger partial charge in [-0.25, -0.2) is 4.79 Å². The largest absolute Gasteiger partial charge is 0.458 e. The Morgan fingerprint density at radius 1 is 1.33 bits per heavy atom. The van der Waals surface area contributed by atoms with Crippen molar-refractivity contribution in [2.24, 2.45) is 0 Å². The number of terminal acetylenes is 1. The third-order valence-electron chi connectivity index (χ3n) is 2.80. The minimum atomic E-state index is -0.292. The highest BCUT2D eigenvalue weighted by molar-refractivity contribution is 5.89. The molecule has 1 rings (SSSR count). The van der Waals surface area contributed by atoms with Crippen LogP contribution in [0.4, 0.5) is 0 Å². The fraction of sp³-hybridized carbons (Fsp3) is 0.438. The molecular weight excluding hydrogens is 224 g/mol. The molecule has 0 radical (unpaired) electrons. The van der Waals surface area contributed by atoms with Crippen molar-refractivity contribution >= 4 is 5.97 Å². The van der Waals surface area contributed by atoms with Crippen LogP contribution in [0.3, 0.4) is 0 Å². The number of carbonyl (C=O) groups excluding carboxylic acids is 1. The second-order valence-electron chi connectivity index (χ2n) is 4.29. The van der Waals surface area contributed by atoms with Crippen LogP contribution in [-0.4, -0.2) is 12.1 Å². The van der Waals surface area contributed by atoms with E-state index in [1.807, 2.05) is 31.2 Å². The van der Waals surface area contributed by atoms with Crippen LogP contribution in [0.15, 0.2) is 24.3 Å². The Labute approximate surface area is 109 Å². The number of carbonyl (C=O) groups is 1. The summed E-state index contributed by atoms with van der Waals surface area (Å²) in [5.41, 5.74) is 1.83. The van der Waals surface area contributed by atoms with E-state index in [1.165, 1.54) is 5.56 Å². The summed E-state index contributed by atoms with van der Waals surface area (Å²) < 4.78 is 5.34. The third-order valence-corrected chi connectivity index (χ3v) is 2.80.